The number of aryl methyl sites for hydroxylation is 1. The molecule has 0 atom stereocenters. The topological polar surface area (TPSA) is 62.9 Å². The molecule has 0 radical (unpaired) electrons. The molecule has 102 valence electrons. The molecule has 0 fully saturated rings. The maximum atomic E-state index is 12.2. The number of benzene rings is 1. The van der Waals surface area contributed by atoms with Gasteiger partial charge in [-0.05, 0) is 13.0 Å². The fourth-order valence-electron chi connectivity index (χ4n) is 2.01. The zero-order valence-corrected chi connectivity index (χ0v) is 11.3. The highest BCUT2D eigenvalue weighted by Gasteiger charge is 2.22. The number of aliphatic hydroxyl groups is 1. The van der Waals surface area contributed by atoms with Crippen LogP contribution in [-0.2, 0) is 0 Å². The highest BCUT2D eigenvalue weighted by atomic mass is 16.5. The molecule has 0 saturated carbocycles. The van der Waals surface area contributed by atoms with Crippen molar-refractivity contribution >= 4 is 16.9 Å². The summed E-state index contributed by atoms with van der Waals surface area (Å²) in [5.41, 5.74) is 1.35. The van der Waals surface area contributed by atoms with Gasteiger partial charge in [-0.15, -0.1) is 0 Å². The number of nitrogens with zero attached hydrogens (tertiary/aromatic N) is 1. The zero-order valence-electron chi connectivity index (χ0n) is 11.3. The number of likely N-dealkylation sites (N-methyl/N-ethyl adjacent to an activating group) is 1. The monoisotopic (exact) mass is 263 g/mol. The number of carbonyl (C=O) groups excluding carboxylic acids is 1. The molecule has 0 saturated heterocycles. The summed E-state index contributed by atoms with van der Waals surface area (Å²) < 4.78 is 10.9. The number of carbonyl (C=O) groups is 1. The molecule has 0 spiro atoms. The Labute approximate surface area is 111 Å². The largest absolute Gasteiger partial charge is 0.493 e. The van der Waals surface area contributed by atoms with E-state index in [-0.39, 0.29) is 24.8 Å². The molecule has 0 unspecified atom stereocenters. The number of amides is 1. The lowest BCUT2D eigenvalue weighted by atomic mass is 10.1. The van der Waals surface area contributed by atoms with Gasteiger partial charge in [0.1, 0.15) is 0 Å². The lowest BCUT2D eigenvalue weighted by molar-refractivity contribution is 0.0737. The summed E-state index contributed by atoms with van der Waals surface area (Å²) in [5, 5.41) is 9.74. The minimum atomic E-state index is -0.246. The van der Waals surface area contributed by atoms with Crippen LogP contribution < -0.4 is 4.74 Å². The van der Waals surface area contributed by atoms with Crippen molar-refractivity contribution in [2.24, 2.45) is 0 Å². The lowest BCUT2D eigenvalue weighted by Crippen LogP contribution is -2.29. The first kappa shape index (κ1) is 13.4. The van der Waals surface area contributed by atoms with E-state index in [1.165, 1.54) is 4.90 Å². The van der Waals surface area contributed by atoms with Gasteiger partial charge in [-0.1, -0.05) is 12.1 Å². The number of furan rings is 1. The molecule has 0 aliphatic heterocycles. The highest BCUT2D eigenvalue weighted by Crippen LogP contribution is 2.32. The molecule has 1 heterocycles. The summed E-state index contributed by atoms with van der Waals surface area (Å²) in [4.78, 5) is 13.6. The Balaban J connectivity index is 2.50. The van der Waals surface area contributed by atoms with Gasteiger partial charge in [0, 0.05) is 24.5 Å². The van der Waals surface area contributed by atoms with Crippen molar-refractivity contribution in [1.82, 2.24) is 4.90 Å². The van der Waals surface area contributed by atoms with Gasteiger partial charge in [-0.3, -0.25) is 4.79 Å². The van der Waals surface area contributed by atoms with Crippen LogP contribution in [0.3, 0.4) is 0 Å². The van der Waals surface area contributed by atoms with Gasteiger partial charge in [0.25, 0.3) is 5.91 Å². The molecular formula is C14H17NO4. The van der Waals surface area contributed by atoms with Crippen molar-refractivity contribution in [2.45, 2.75) is 6.92 Å². The third-order valence-corrected chi connectivity index (χ3v) is 3.12. The van der Waals surface area contributed by atoms with Gasteiger partial charge in [-0.2, -0.15) is 0 Å². The standard InChI is InChI=1S/C14H17NO4/c1-9-10-5-4-6-11(18-3)13(10)19-12(9)14(17)15(2)7-8-16/h4-6,16H,7-8H2,1-3H3. The van der Waals surface area contributed by atoms with Gasteiger partial charge < -0.3 is 19.2 Å². The molecule has 0 aliphatic rings. The van der Waals surface area contributed by atoms with Crippen molar-refractivity contribution in [1.29, 1.82) is 0 Å². The van der Waals surface area contributed by atoms with E-state index < -0.39 is 0 Å². The molecule has 19 heavy (non-hydrogen) atoms. The van der Waals surface area contributed by atoms with Crippen molar-refractivity contribution < 1.29 is 19.1 Å². The van der Waals surface area contributed by atoms with Crippen LogP contribution in [0, 0.1) is 6.92 Å². The zero-order chi connectivity index (χ0) is 14.0. The van der Waals surface area contributed by atoms with Crippen molar-refractivity contribution in [3.63, 3.8) is 0 Å². The van der Waals surface area contributed by atoms with Crippen LogP contribution in [0.25, 0.3) is 11.0 Å². The Morgan fingerprint density at radius 2 is 2.21 bits per heavy atom. The number of fused-ring (bicyclic) bond motifs is 1. The summed E-state index contributed by atoms with van der Waals surface area (Å²) in [7, 11) is 3.19. The summed E-state index contributed by atoms with van der Waals surface area (Å²) in [6.45, 7) is 2.03. The number of methoxy groups -OCH3 is 1. The smallest absolute Gasteiger partial charge is 0.289 e. The molecule has 5 nitrogen and oxygen atoms in total. The fourth-order valence-corrected chi connectivity index (χ4v) is 2.01. The van der Waals surface area contributed by atoms with E-state index in [1.807, 2.05) is 19.1 Å². The molecule has 0 bridgehead atoms. The third kappa shape index (κ3) is 2.29. The summed E-state index contributed by atoms with van der Waals surface area (Å²) in [6.07, 6.45) is 0. The number of rotatable bonds is 4. The highest BCUT2D eigenvalue weighted by molar-refractivity contribution is 6.00. The van der Waals surface area contributed by atoms with E-state index >= 15 is 0 Å². The van der Waals surface area contributed by atoms with E-state index in [2.05, 4.69) is 0 Å². The maximum absolute atomic E-state index is 12.2. The van der Waals surface area contributed by atoms with Gasteiger partial charge >= 0.3 is 0 Å². The Morgan fingerprint density at radius 3 is 2.84 bits per heavy atom. The van der Waals surface area contributed by atoms with E-state index in [0.29, 0.717) is 11.3 Å². The van der Waals surface area contributed by atoms with Gasteiger partial charge in [-0.25, -0.2) is 0 Å². The number of hydrogen-bond acceptors (Lipinski definition) is 4. The summed E-state index contributed by atoms with van der Waals surface area (Å²) in [5.74, 6) is 0.643. The number of para-hydroxylation sites is 1. The van der Waals surface area contributed by atoms with Crippen molar-refractivity contribution in [3.8, 4) is 5.75 Å². The van der Waals surface area contributed by atoms with E-state index in [1.54, 1.807) is 20.2 Å². The molecule has 2 rings (SSSR count). The first-order valence-electron chi connectivity index (χ1n) is 6.02. The summed E-state index contributed by atoms with van der Waals surface area (Å²) in [6, 6.07) is 5.53. The van der Waals surface area contributed by atoms with Crippen molar-refractivity contribution in [3.05, 3.63) is 29.5 Å². The number of ether oxygens (including phenoxy) is 1. The second kappa shape index (κ2) is 5.32. The Kier molecular flexibility index (Phi) is 3.76. The molecular weight excluding hydrogens is 246 g/mol. The van der Waals surface area contributed by atoms with Crippen LogP contribution in [0.1, 0.15) is 16.1 Å². The molecule has 1 aromatic heterocycles. The average molecular weight is 263 g/mol. The SMILES string of the molecule is COc1cccc2c(C)c(C(=O)N(C)CCO)oc12. The second-order valence-corrected chi connectivity index (χ2v) is 4.34. The van der Waals surface area contributed by atoms with Crippen molar-refractivity contribution in [2.75, 3.05) is 27.3 Å². The van der Waals surface area contributed by atoms with Crippen LogP contribution in [0.4, 0.5) is 0 Å². The minimum absolute atomic E-state index is 0.0785. The lowest BCUT2D eigenvalue weighted by Gasteiger charge is -2.14. The van der Waals surface area contributed by atoms with Gasteiger partial charge in [0.05, 0.1) is 13.7 Å². The van der Waals surface area contributed by atoms with Crippen LogP contribution in [-0.4, -0.2) is 43.2 Å². The van der Waals surface area contributed by atoms with E-state index in [0.717, 1.165) is 10.9 Å². The van der Waals surface area contributed by atoms with E-state index in [9.17, 15) is 4.79 Å². The Morgan fingerprint density at radius 1 is 1.47 bits per heavy atom. The maximum Gasteiger partial charge on any atom is 0.289 e. The Bertz CT molecular complexity index is 603. The van der Waals surface area contributed by atoms with Crippen LogP contribution in [0.15, 0.2) is 22.6 Å². The van der Waals surface area contributed by atoms with Gasteiger partial charge in [0.2, 0.25) is 0 Å². The predicted octanol–water partition coefficient (Wildman–Crippen LogP) is 1.81. The third-order valence-electron chi connectivity index (χ3n) is 3.12. The van der Waals surface area contributed by atoms with E-state index in [4.69, 9.17) is 14.3 Å². The first-order chi connectivity index (χ1) is 9.10. The molecule has 5 heteroatoms. The average Bonchev–Trinajstić information content (AvgIpc) is 2.75. The number of hydrogen-bond donors (Lipinski definition) is 1. The molecule has 2 aromatic rings. The van der Waals surface area contributed by atoms with Crippen LogP contribution in [0.2, 0.25) is 0 Å². The minimum Gasteiger partial charge on any atom is -0.493 e. The number of aliphatic hydroxyl groups excluding tert-OH is 1. The second-order valence-electron chi connectivity index (χ2n) is 4.34. The first-order valence-corrected chi connectivity index (χ1v) is 6.02. The Hall–Kier alpha value is -2.01. The van der Waals surface area contributed by atoms with Crippen LogP contribution in [0.5, 0.6) is 5.75 Å². The fraction of sp³-hybridized carbons (Fsp3) is 0.357. The predicted molar refractivity (Wildman–Crippen MR) is 71.5 cm³/mol. The summed E-state index contributed by atoms with van der Waals surface area (Å²) >= 11 is 0. The molecule has 1 N–H and O–H groups in total. The van der Waals surface area contributed by atoms with Gasteiger partial charge in [0.15, 0.2) is 17.1 Å². The molecule has 1 amide bonds. The van der Waals surface area contributed by atoms with Crippen LogP contribution >= 0.6 is 0 Å². The quantitative estimate of drug-likeness (QED) is 0.913. The molecule has 1 aromatic carbocycles. The normalized spacial score (nSPS) is 10.7. The molecule has 0 aliphatic carbocycles.